The van der Waals surface area contributed by atoms with Gasteiger partial charge in [0.05, 0.1) is 5.56 Å². The average Bonchev–Trinajstić information content (AvgIpc) is 2.53. The van der Waals surface area contributed by atoms with Crippen LogP contribution in [0.2, 0.25) is 0 Å². The van der Waals surface area contributed by atoms with E-state index in [1.54, 1.807) is 13.0 Å². The molecule has 1 N–H and O–H groups in total. The first-order valence-corrected chi connectivity index (χ1v) is 8.39. The molecule has 0 aliphatic carbocycles. The Labute approximate surface area is 149 Å². The second-order valence-corrected chi connectivity index (χ2v) is 6.55. The number of nitrogens with zero attached hydrogens (tertiary/aromatic N) is 1. The van der Waals surface area contributed by atoms with Crippen molar-refractivity contribution in [3.05, 3.63) is 23.8 Å². The van der Waals surface area contributed by atoms with Gasteiger partial charge in [-0.05, 0) is 43.9 Å². The van der Waals surface area contributed by atoms with Gasteiger partial charge in [-0.25, -0.2) is 0 Å². The Morgan fingerprint density at radius 2 is 2.04 bits per heavy atom. The molecule has 0 aromatic heterocycles. The van der Waals surface area contributed by atoms with Crippen LogP contribution >= 0.6 is 0 Å². The van der Waals surface area contributed by atoms with Crippen molar-refractivity contribution >= 4 is 17.6 Å². The molecular weight excluding hydrogens is 320 g/mol. The monoisotopic (exact) mass is 346 g/mol. The van der Waals surface area contributed by atoms with Crippen LogP contribution < -0.4 is 10.1 Å². The first-order chi connectivity index (χ1) is 11.7. The molecule has 1 amide bonds. The zero-order valence-corrected chi connectivity index (χ0v) is 15.5. The zero-order valence-electron chi connectivity index (χ0n) is 15.5. The summed E-state index contributed by atoms with van der Waals surface area (Å²) in [5.74, 6) is -0.321. The third-order valence-electron chi connectivity index (χ3n) is 3.51. The molecule has 1 aromatic rings. The highest BCUT2D eigenvalue weighted by molar-refractivity contribution is 5.97. The number of nitriles is 1. The van der Waals surface area contributed by atoms with E-state index in [9.17, 15) is 14.9 Å². The van der Waals surface area contributed by atoms with Crippen molar-refractivity contribution < 1.29 is 19.1 Å². The molecule has 6 heteroatoms. The van der Waals surface area contributed by atoms with Crippen LogP contribution in [-0.4, -0.2) is 24.1 Å². The molecule has 6 nitrogen and oxygen atoms in total. The van der Waals surface area contributed by atoms with Gasteiger partial charge in [0.25, 0.3) is 5.91 Å². The average molecular weight is 346 g/mol. The maximum absolute atomic E-state index is 12.7. The van der Waals surface area contributed by atoms with Crippen LogP contribution in [0.3, 0.4) is 0 Å². The van der Waals surface area contributed by atoms with Gasteiger partial charge in [-0.15, -0.1) is 0 Å². The summed E-state index contributed by atoms with van der Waals surface area (Å²) in [6, 6.07) is 6.52. The Hall–Kier alpha value is -2.39. The first kappa shape index (κ1) is 20.7. The van der Waals surface area contributed by atoms with Crippen LogP contribution in [0.4, 0.5) is 5.69 Å². The predicted octanol–water partition coefficient (Wildman–Crippen LogP) is 3.65. The Bertz CT molecular complexity index is 664. The Morgan fingerprint density at radius 1 is 1.36 bits per heavy atom. The third-order valence-corrected chi connectivity index (χ3v) is 3.51. The maximum atomic E-state index is 12.7. The molecule has 0 unspecified atom stereocenters. The van der Waals surface area contributed by atoms with Crippen LogP contribution in [0.15, 0.2) is 18.2 Å². The van der Waals surface area contributed by atoms with E-state index in [1.165, 1.54) is 19.1 Å². The highest BCUT2D eigenvalue weighted by Crippen LogP contribution is 2.26. The minimum absolute atomic E-state index is 0.167. The quantitative estimate of drug-likeness (QED) is 0.573. The summed E-state index contributed by atoms with van der Waals surface area (Å²) in [4.78, 5) is 23.8. The fourth-order valence-corrected chi connectivity index (χ4v) is 2.53. The van der Waals surface area contributed by atoms with Crippen LogP contribution in [0, 0.1) is 17.2 Å². The van der Waals surface area contributed by atoms with Crippen LogP contribution in [0.5, 0.6) is 5.75 Å². The second kappa shape index (κ2) is 9.19. The van der Waals surface area contributed by atoms with Crippen molar-refractivity contribution in [1.29, 1.82) is 5.26 Å². The lowest BCUT2D eigenvalue weighted by atomic mass is 9.93. The zero-order chi connectivity index (χ0) is 19.0. The van der Waals surface area contributed by atoms with Gasteiger partial charge in [0, 0.05) is 19.2 Å². The number of hydrogen-bond acceptors (Lipinski definition) is 5. The Kier molecular flexibility index (Phi) is 7.59. The normalized spacial score (nSPS) is 13.0. The lowest BCUT2D eigenvalue weighted by molar-refractivity contribution is -0.141. The number of ether oxygens (including phenoxy) is 2. The van der Waals surface area contributed by atoms with Gasteiger partial charge < -0.3 is 14.8 Å². The Balaban J connectivity index is 3.00. The summed E-state index contributed by atoms with van der Waals surface area (Å²) in [6.45, 7) is 9.58. The molecule has 0 spiro atoms. The summed E-state index contributed by atoms with van der Waals surface area (Å²) >= 11 is 0. The van der Waals surface area contributed by atoms with E-state index in [0.717, 1.165) is 6.42 Å². The number of carbonyl (C=O) groups is 2. The highest BCUT2D eigenvalue weighted by Gasteiger charge is 2.35. The lowest BCUT2D eigenvalue weighted by Crippen LogP contribution is -2.44. The summed E-state index contributed by atoms with van der Waals surface area (Å²) in [5, 5.41) is 12.0. The van der Waals surface area contributed by atoms with Gasteiger partial charge in [-0.2, -0.15) is 5.26 Å². The number of anilines is 1. The molecule has 136 valence electrons. The molecule has 1 aromatic carbocycles. The largest absolute Gasteiger partial charge is 0.425 e. The third kappa shape index (κ3) is 6.20. The van der Waals surface area contributed by atoms with E-state index in [2.05, 4.69) is 5.32 Å². The molecule has 0 bridgehead atoms. The van der Waals surface area contributed by atoms with E-state index in [1.807, 2.05) is 26.8 Å². The molecule has 0 aliphatic rings. The number of rotatable bonds is 8. The predicted molar refractivity (Wildman–Crippen MR) is 95.2 cm³/mol. The molecule has 0 fully saturated rings. The second-order valence-electron chi connectivity index (χ2n) is 6.55. The summed E-state index contributed by atoms with van der Waals surface area (Å²) < 4.78 is 10.8. The van der Waals surface area contributed by atoms with Crippen LogP contribution in [0.1, 0.15) is 53.0 Å². The van der Waals surface area contributed by atoms with Crippen LogP contribution in [0.25, 0.3) is 0 Å². The molecule has 0 radical (unpaired) electrons. The molecule has 0 saturated heterocycles. The minimum Gasteiger partial charge on any atom is -0.425 e. The topological polar surface area (TPSA) is 88.4 Å². The standard InChI is InChI=1S/C19H26N2O4/c1-6-9-24-19(5,11-13(2)3)18(23)21-16-7-8-17(25-14(4)22)15(10-16)12-20/h7-8,10,13H,6,9,11H2,1-5H3,(H,21,23)/t19-/m1/s1. The van der Waals surface area contributed by atoms with E-state index >= 15 is 0 Å². The molecule has 1 rings (SSSR count). The number of nitrogens with one attached hydrogen (secondary N) is 1. The van der Waals surface area contributed by atoms with Gasteiger partial charge in [0.15, 0.2) is 0 Å². The molecule has 25 heavy (non-hydrogen) atoms. The number of amides is 1. The fourth-order valence-electron chi connectivity index (χ4n) is 2.53. The molecule has 1 atom stereocenters. The van der Waals surface area contributed by atoms with Gasteiger partial charge in [0.1, 0.15) is 17.4 Å². The number of hydrogen-bond donors (Lipinski definition) is 1. The van der Waals surface area contributed by atoms with Gasteiger partial charge in [-0.3, -0.25) is 9.59 Å². The minimum atomic E-state index is -0.953. The van der Waals surface area contributed by atoms with Crippen molar-refractivity contribution in [1.82, 2.24) is 0 Å². The van der Waals surface area contributed by atoms with Gasteiger partial charge in [-0.1, -0.05) is 20.8 Å². The van der Waals surface area contributed by atoms with Crippen molar-refractivity contribution in [2.24, 2.45) is 5.92 Å². The fraction of sp³-hybridized carbons (Fsp3) is 0.526. The van der Waals surface area contributed by atoms with Crippen molar-refractivity contribution in [2.45, 2.75) is 53.1 Å². The lowest BCUT2D eigenvalue weighted by Gasteiger charge is -2.30. The molecule has 0 saturated carbocycles. The van der Waals surface area contributed by atoms with E-state index in [-0.39, 0.29) is 23.1 Å². The van der Waals surface area contributed by atoms with Gasteiger partial charge >= 0.3 is 5.97 Å². The molecule has 0 heterocycles. The smallest absolute Gasteiger partial charge is 0.308 e. The maximum Gasteiger partial charge on any atom is 0.308 e. The SMILES string of the molecule is CCCO[C@](C)(CC(C)C)C(=O)Nc1ccc(OC(C)=O)c(C#N)c1. The highest BCUT2D eigenvalue weighted by atomic mass is 16.5. The summed E-state index contributed by atoms with van der Waals surface area (Å²) in [5.41, 5.74) is -0.327. The van der Waals surface area contributed by atoms with E-state index < -0.39 is 11.6 Å². The van der Waals surface area contributed by atoms with E-state index in [4.69, 9.17) is 9.47 Å². The van der Waals surface area contributed by atoms with Crippen molar-refractivity contribution in [3.63, 3.8) is 0 Å². The van der Waals surface area contributed by atoms with Crippen molar-refractivity contribution in [3.8, 4) is 11.8 Å². The molecule has 0 aliphatic heterocycles. The van der Waals surface area contributed by atoms with Crippen molar-refractivity contribution in [2.75, 3.05) is 11.9 Å². The first-order valence-electron chi connectivity index (χ1n) is 8.39. The Morgan fingerprint density at radius 3 is 2.56 bits per heavy atom. The molecular formula is C19H26N2O4. The summed E-state index contributed by atoms with van der Waals surface area (Å²) in [7, 11) is 0. The number of carbonyl (C=O) groups excluding carboxylic acids is 2. The number of esters is 1. The van der Waals surface area contributed by atoms with Crippen LogP contribution in [-0.2, 0) is 14.3 Å². The van der Waals surface area contributed by atoms with E-state index in [0.29, 0.717) is 18.7 Å². The number of benzene rings is 1. The summed E-state index contributed by atoms with van der Waals surface area (Å²) in [6.07, 6.45) is 1.39. The van der Waals surface area contributed by atoms with Gasteiger partial charge in [0.2, 0.25) is 0 Å².